The Balaban J connectivity index is 2.39. The van der Waals surface area contributed by atoms with Crippen LogP contribution < -0.4 is 11.5 Å². The second-order valence-corrected chi connectivity index (χ2v) is 3.58. The summed E-state index contributed by atoms with van der Waals surface area (Å²) in [6.07, 6.45) is 2.35. The van der Waals surface area contributed by atoms with Gasteiger partial charge in [-0.15, -0.1) is 0 Å². The number of anilines is 2. The lowest BCUT2D eigenvalue weighted by Gasteiger charge is -2.13. The van der Waals surface area contributed by atoms with Crippen molar-refractivity contribution in [2.45, 2.75) is 6.10 Å². The highest BCUT2D eigenvalue weighted by Crippen LogP contribution is 2.26. The average molecular weight is 215 g/mol. The number of hydrogen-bond acceptors (Lipinski definition) is 4. The van der Waals surface area contributed by atoms with Crippen molar-refractivity contribution in [2.24, 2.45) is 0 Å². The molecule has 4 nitrogen and oxygen atoms in total. The molecule has 0 amide bonds. The number of aliphatic hydroxyl groups excluding tert-OH is 1. The van der Waals surface area contributed by atoms with Crippen LogP contribution in [0.15, 0.2) is 42.7 Å². The molecular weight excluding hydrogens is 202 g/mol. The van der Waals surface area contributed by atoms with Gasteiger partial charge in [-0.3, -0.25) is 4.98 Å². The zero-order valence-electron chi connectivity index (χ0n) is 8.67. The predicted molar refractivity (Wildman–Crippen MR) is 63.6 cm³/mol. The highest BCUT2D eigenvalue weighted by Gasteiger charge is 2.13. The minimum absolute atomic E-state index is 0.518. The summed E-state index contributed by atoms with van der Waals surface area (Å²) in [6.45, 7) is 0. The molecule has 0 aliphatic heterocycles. The van der Waals surface area contributed by atoms with Crippen molar-refractivity contribution in [3.63, 3.8) is 0 Å². The lowest BCUT2D eigenvalue weighted by Crippen LogP contribution is -2.04. The van der Waals surface area contributed by atoms with E-state index in [2.05, 4.69) is 4.98 Å². The third-order valence-corrected chi connectivity index (χ3v) is 2.41. The van der Waals surface area contributed by atoms with E-state index in [1.54, 1.807) is 42.7 Å². The summed E-state index contributed by atoms with van der Waals surface area (Å²) in [7, 11) is 0. The minimum atomic E-state index is -0.794. The standard InChI is InChI=1S/C12H13N3O/c13-9-3-1-2-8(6-9)12(16)10-7-15-5-4-11(10)14/h1-7,12,16H,13H2,(H2,14,15). The normalized spacial score (nSPS) is 12.3. The predicted octanol–water partition coefficient (Wildman–Crippen LogP) is 1.33. The fourth-order valence-electron chi connectivity index (χ4n) is 1.55. The van der Waals surface area contributed by atoms with Gasteiger partial charge in [0.05, 0.1) is 0 Å². The fraction of sp³-hybridized carbons (Fsp3) is 0.0833. The Bertz CT molecular complexity index is 499. The van der Waals surface area contributed by atoms with Gasteiger partial charge >= 0.3 is 0 Å². The van der Waals surface area contributed by atoms with E-state index in [0.717, 1.165) is 0 Å². The molecule has 82 valence electrons. The van der Waals surface area contributed by atoms with Gasteiger partial charge in [-0.05, 0) is 23.8 Å². The molecule has 1 atom stereocenters. The van der Waals surface area contributed by atoms with E-state index in [1.807, 2.05) is 0 Å². The van der Waals surface area contributed by atoms with Crippen LogP contribution in [0.5, 0.6) is 0 Å². The SMILES string of the molecule is Nc1cccc(C(O)c2cnccc2N)c1. The molecule has 16 heavy (non-hydrogen) atoms. The Labute approximate surface area is 93.5 Å². The van der Waals surface area contributed by atoms with Crippen LogP contribution in [0, 0.1) is 0 Å². The van der Waals surface area contributed by atoms with Gasteiger partial charge < -0.3 is 16.6 Å². The van der Waals surface area contributed by atoms with Gasteiger partial charge in [0.1, 0.15) is 6.10 Å². The molecule has 4 heteroatoms. The molecule has 1 unspecified atom stereocenters. The Morgan fingerprint density at radius 2 is 2.00 bits per heavy atom. The molecular formula is C12H13N3O. The Kier molecular flexibility index (Phi) is 2.74. The third-order valence-electron chi connectivity index (χ3n) is 2.41. The Morgan fingerprint density at radius 1 is 1.19 bits per heavy atom. The lowest BCUT2D eigenvalue weighted by molar-refractivity contribution is 0.220. The van der Waals surface area contributed by atoms with E-state index in [-0.39, 0.29) is 0 Å². The van der Waals surface area contributed by atoms with Crippen LogP contribution >= 0.6 is 0 Å². The van der Waals surface area contributed by atoms with Crippen molar-refractivity contribution in [2.75, 3.05) is 11.5 Å². The lowest BCUT2D eigenvalue weighted by atomic mass is 10.0. The van der Waals surface area contributed by atoms with E-state index in [1.165, 1.54) is 0 Å². The zero-order chi connectivity index (χ0) is 11.5. The molecule has 1 aromatic carbocycles. The molecule has 0 fully saturated rings. The van der Waals surface area contributed by atoms with Gasteiger partial charge in [0.25, 0.3) is 0 Å². The molecule has 0 saturated heterocycles. The average Bonchev–Trinajstić information content (AvgIpc) is 2.29. The van der Waals surface area contributed by atoms with Crippen LogP contribution in [0.2, 0.25) is 0 Å². The van der Waals surface area contributed by atoms with Gasteiger partial charge in [0.2, 0.25) is 0 Å². The second-order valence-electron chi connectivity index (χ2n) is 3.58. The molecule has 1 heterocycles. The molecule has 0 spiro atoms. The van der Waals surface area contributed by atoms with Crippen molar-refractivity contribution in [1.82, 2.24) is 4.98 Å². The maximum atomic E-state index is 10.1. The van der Waals surface area contributed by atoms with E-state index in [0.29, 0.717) is 22.5 Å². The number of hydrogen-bond donors (Lipinski definition) is 3. The smallest absolute Gasteiger partial charge is 0.108 e. The molecule has 0 saturated carbocycles. The number of pyridine rings is 1. The fourth-order valence-corrected chi connectivity index (χ4v) is 1.55. The van der Waals surface area contributed by atoms with Crippen LogP contribution in [-0.4, -0.2) is 10.1 Å². The summed E-state index contributed by atoms with van der Waals surface area (Å²) < 4.78 is 0. The first-order valence-electron chi connectivity index (χ1n) is 4.91. The number of aromatic nitrogens is 1. The quantitative estimate of drug-likeness (QED) is 0.660. The maximum absolute atomic E-state index is 10.1. The van der Waals surface area contributed by atoms with Gasteiger partial charge in [0.15, 0.2) is 0 Å². The summed E-state index contributed by atoms with van der Waals surface area (Å²) in [5.41, 5.74) is 13.8. The van der Waals surface area contributed by atoms with Crippen molar-refractivity contribution in [3.05, 3.63) is 53.9 Å². The van der Waals surface area contributed by atoms with Crippen molar-refractivity contribution in [1.29, 1.82) is 0 Å². The van der Waals surface area contributed by atoms with Crippen molar-refractivity contribution >= 4 is 11.4 Å². The van der Waals surface area contributed by atoms with Gasteiger partial charge in [-0.1, -0.05) is 12.1 Å². The third kappa shape index (κ3) is 1.97. The van der Waals surface area contributed by atoms with Crippen molar-refractivity contribution < 1.29 is 5.11 Å². The molecule has 1 aromatic heterocycles. The Hall–Kier alpha value is -2.07. The summed E-state index contributed by atoms with van der Waals surface area (Å²) in [6, 6.07) is 8.73. The first-order valence-corrected chi connectivity index (χ1v) is 4.91. The second kappa shape index (κ2) is 4.20. The van der Waals surface area contributed by atoms with Crippen LogP contribution in [0.1, 0.15) is 17.2 Å². The largest absolute Gasteiger partial charge is 0.399 e. The molecule has 0 radical (unpaired) electrons. The first kappa shape index (κ1) is 10.4. The van der Waals surface area contributed by atoms with Gasteiger partial charge in [-0.25, -0.2) is 0 Å². The van der Waals surface area contributed by atoms with E-state index >= 15 is 0 Å². The summed E-state index contributed by atoms with van der Waals surface area (Å²) in [4.78, 5) is 3.94. The molecule has 0 bridgehead atoms. The van der Waals surface area contributed by atoms with Gasteiger partial charge in [-0.2, -0.15) is 0 Å². The minimum Gasteiger partial charge on any atom is -0.399 e. The first-order chi connectivity index (χ1) is 7.68. The number of benzene rings is 1. The number of nitrogens with zero attached hydrogens (tertiary/aromatic N) is 1. The van der Waals surface area contributed by atoms with Crippen LogP contribution in [0.3, 0.4) is 0 Å². The van der Waals surface area contributed by atoms with E-state index in [9.17, 15) is 5.11 Å². The van der Waals surface area contributed by atoms with E-state index < -0.39 is 6.10 Å². The van der Waals surface area contributed by atoms with E-state index in [4.69, 9.17) is 11.5 Å². The molecule has 2 aromatic rings. The van der Waals surface area contributed by atoms with Crippen LogP contribution in [-0.2, 0) is 0 Å². The summed E-state index contributed by atoms with van der Waals surface area (Å²) in [5, 5.41) is 10.1. The summed E-state index contributed by atoms with van der Waals surface area (Å²) in [5.74, 6) is 0. The number of nitrogen functional groups attached to an aromatic ring is 2. The van der Waals surface area contributed by atoms with Crippen molar-refractivity contribution in [3.8, 4) is 0 Å². The van der Waals surface area contributed by atoms with Crippen LogP contribution in [0.25, 0.3) is 0 Å². The highest BCUT2D eigenvalue weighted by atomic mass is 16.3. The highest BCUT2D eigenvalue weighted by molar-refractivity contribution is 5.50. The summed E-state index contributed by atoms with van der Waals surface area (Å²) >= 11 is 0. The van der Waals surface area contributed by atoms with Gasteiger partial charge in [0, 0.05) is 29.3 Å². The molecule has 0 aliphatic rings. The molecule has 2 rings (SSSR count). The zero-order valence-corrected chi connectivity index (χ0v) is 8.67. The molecule has 0 aliphatic carbocycles. The van der Waals surface area contributed by atoms with Crippen LogP contribution in [0.4, 0.5) is 11.4 Å². The number of rotatable bonds is 2. The molecule has 5 N–H and O–H groups in total. The monoisotopic (exact) mass is 215 g/mol. The number of aliphatic hydroxyl groups is 1. The Morgan fingerprint density at radius 3 is 2.69 bits per heavy atom. The number of nitrogens with two attached hydrogens (primary N) is 2. The maximum Gasteiger partial charge on any atom is 0.108 e. The topological polar surface area (TPSA) is 85.2 Å².